The summed E-state index contributed by atoms with van der Waals surface area (Å²) in [5, 5.41) is 8.11. The molecule has 1 aliphatic carbocycles. The molecular formula is C15H27N3. The quantitative estimate of drug-likeness (QED) is 0.805. The molecule has 2 rings (SSSR count). The van der Waals surface area contributed by atoms with Gasteiger partial charge in [0.15, 0.2) is 0 Å². The Morgan fingerprint density at radius 2 is 2.17 bits per heavy atom. The highest BCUT2D eigenvalue weighted by Crippen LogP contribution is 2.47. The van der Waals surface area contributed by atoms with Crippen molar-refractivity contribution >= 4 is 0 Å². The maximum Gasteiger partial charge on any atom is 0.0596 e. The molecule has 0 aliphatic heterocycles. The van der Waals surface area contributed by atoms with E-state index in [2.05, 4.69) is 48.9 Å². The van der Waals surface area contributed by atoms with Crippen LogP contribution in [0.3, 0.4) is 0 Å². The van der Waals surface area contributed by atoms with E-state index < -0.39 is 0 Å². The van der Waals surface area contributed by atoms with Gasteiger partial charge in [0.25, 0.3) is 0 Å². The van der Waals surface area contributed by atoms with Crippen molar-refractivity contribution in [1.29, 1.82) is 0 Å². The molecule has 3 nitrogen and oxygen atoms in total. The Morgan fingerprint density at radius 3 is 2.72 bits per heavy atom. The van der Waals surface area contributed by atoms with Crippen LogP contribution in [0.2, 0.25) is 0 Å². The molecule has 1 heterocycles. The highest BCUT2D eigenvalue weighted by Gasteiger charge is 2.41. The van der Waals surface area contributed by atoms with Gasteiger partial charge in [-0.25, -0.2) is 0 Å². The third-order valence-corrected chi connectivity index (χ3v) is 4.21. The van der Waals surface area contributed by atoms with Crippen molar-refractivity contribution < 1.29 is 0 Å². The van der Waals surface area contributed by atoms with Crippen molar-refractivity contribution in [2.75, 3.05) is 13.1 Å². The lowest BCUT2D eigenvalue weighted by atomic mass is 9.80. The van der Waals surface area contributed by atoms with E-state index in [9.17, 15) is 0 Å². The molecule has 102 valence electrons. The molecule has 0 amide bonds. The second-order valence-corrected chi connectivity index (χ2v) is 5.98. The van der Waals surface area contributed by atoms with Gasteiger partial charge >= 0.3 is 0 Å². The van der Waals surface area contributed by atoms with Crippen molar-refractivity contribution in [2.45, 2.75) is 53.5 Å². The molecule has 1 aromatic rings. The van der Waals surface area contributed by atoms with Crippen LogP contribution in [0.5, 0.6) is 0 Å². The largest absolute Gasteiger partial charge is 0.316 e. The number of aromatic nitrogens is 2. The third-order valence-electron chi connectivity index (χ3n) is 4.21. The Hall–Kier alpha value is -0.830. The predicted molar refractivity (Wildman–Crippen MR) is 75.7 cm³/mol. The van der Waals surface area contributed by atoms with Gasteiger partial charge in [-0.3, -0.25) is 4.68 Å². The van der Waals surface area contributed by atoms with E-state index in [1.54, 1.807) is 0 Å². The monoisotopic (exact) mass is 249 g/mol. The minimum absolute atomic E-state index is 0.398. The molecule has 1 aliphatic rings. The summed E-state index contributed by atoms with van der Waals surface area (Å²) < 4.78 is 2.17. The van der Waals surface area contributed by atoms with Crippen LogP contribution in [0.1, 0.15) is 45.0 Å². The van der Waals surface area contributed by atoms with E-state index in [-0.39, 0.29) is 0 Å². The molecule has 0 aromatic carbocycles. The number of hydrogen-bond acceptors (Lipinski definition) is 2. The van der Waals surface area contributed by atoms with E-state index >= 15 is 0 Å². The topological polar surface area (TPSA) is 29.9 Å². The smallest absolute Gasteiger partial charge is 0.0596 e. The van der Waals surface area contributed by atoms with Crippen LogP contribution in [0.25, 0.3) is 0 Å². The summed E-state index contributed by atoms with van der Waals surface area (Å²) >= 11 is 0. The van der Waals surface area contributed by atoms with E-state index in [0.29, 0.717) is 5.41 Å². The molecule has 18 heavy (non-hydrogen) atoms. The molecule has 1 fully saturated rings. The SMILES string of the molecule is CCNCC(C)(Cc1cc(C)nn1CC)C1CC1. The van der Waals surface area contributed by atoms with Crippen LogP contribution in [-0.4, -0.2) is 22.9 Å². The predicted octanol–water partition coefficient (Wildman–Crippen LogP) is 2.78. The standard InChI is InChI=1S/C15H27N3/c1-5-16-11-15(4,13-7-8-13)10-14-9-12(3)17-18(14)6-2/h9,13,16H,5-8,10-11H2,1-4H3. The van der Waals surface area contributed by atoms with E-state index in [0.717, 1.165) is 37.7 Å². The van der Waals surface area contributed by atoms with Gasteiger partial charge in [0.2, 0.25) is 0 Å². The molecule has 0 saturated heterocycles. The first-order valence-electron chi connectivity index (χ1n) is 7.33. The van der Waals surface area contributed by atoms with Gasteiger partial charge in [0, 0.05) is 18.8 Å². The zero-order valence-electron chi connectivity index (χ0n) is 12.3. The normalized spacial score (nSPS) is 18.9. The molecule has 1 unspecified atom stereocenters. The second kappa shape index (κ2) is 5.43. The van der Waals surface area contributed by atoms with Crippen LogP contribution in [0, 0.1) is 18.3 Å². The fourth-order valence-corrected chi connectivity index (χ4v) is 2.97. The van der Waals surface area contributed by atoms with Crippen molar-refractivity contribution in [3.05, 3.63) is 17.5 Å². The Bertz CT molecular complexity index is 392. The van der Waals surface area contributed by atoms with E-state index in [4.69, 9.17) is 0 Å². The maximum atomic E-state index is 4.57. The zero-order chi connectivity index (χ0) is 13.2. The first-order valence-corrected chi connectivity index (χ1v) is 7.33. The summed E-state index contributed by atoms with van der Waals surface area (Å²) in [6.07, 6.45) is 3.96. The first-order chi connectivity index (χ1) is 8.59. The summed E-state index contributed by atoms with van der Waals surface area (Å²) in [6.45, 7) is 12.1. The number of rotatable bonds is 7. The molecule has 0 radical (unpaired) electrons. The number of aryl methyl sites for hydroxylation is 2. The average molecular weight is 249 g/mol. The summed E-state index contributed by atoms with van der Waals surface area (Å²) in [5.41, 5.74) is 2.95. The fraction of sp³-hybridized carbons (Fsp3) is 0.800. The molecule has 1 atom stereocenters. The van der Waals surface area contributed by atoms with Crippen LogP contribution < -0.4 is 5.32 Å². The summed E-state index contributed by atoms with van der Waals surface area (Å²) in [5.74, 6) is 0.900. The number of nitrogens with one attached hydrogen (secondary N) is 1. The minimum Gasteiger partial charge on any atom is -0.316 e. The van der Waals surface area contributed by atoms with Crippen LogP contribution in [-0.2, 0) is 13.0 Å². The Kier molecular flexibility index (Phi) is 4.10. The molecule has 0 bridgehead atoms. The van der Waals surface area contributed by atoms with Crippen molar-refractivity contribution in [2.24, 2.45) is 11.3 Å². The molecule has 1 saturated carbocycles. The van der Waals surface area contributed by atoms with Gasteiger partial charge in [-0.15, -0.1) is 0 Å². The minimum atomic E-state index is 0.398. The van der Waals surface area contributed by atoms with Crippen molar-refractivity contribution in [1.82, 2.24) is 15.1 Å². The second-order valence-electron chi connectivity index (χ2n) is 5.98. The highest BCUT2D eigenvalue weighted by atomic mass is 15.3. The Balaban J connectivity index is 2.12. The lowest BCUT2D eigenvalue weighted by molar-refractivity contribution is 0.251. The summed E-state index contributed by atoms with van der Waals surface area (Å²) in [4.78, 5) is 0. The molecule has 1 aromatic heterocycles. The van der Waals surface area contributed by atoms with Crippen LogP contribution >= 0.6 is 0 Å². The van der Waals surface area contributed by atoms with Gasteiger partial charge in [-0.1, -0.05) is 13.8 Å². The van der Waals surface area contributed by atoms with E-state index in [1.165, 1.54) is 18.5 Å². The lowest BCUT2D eigenvalue weighted by Gasteiger charge is -2.30. The van der Waals surface area contributed by atoms with E-state index in [1.807, 2.05) is 0 Å². The molecule has 0 spiro atoms. The zero-order valence-corrected chi connectivity index (χ0v) is 12.3. The maximum absolute atomic E-state index is 4.57. The van der Waals surface area contributed by atoms with Gasteiger partial charge < -0.3 is 5.32 Å². The summed E-state index contributed by atoms with van der Waals surface area (Å²) in [7, 11) is 0. The van der Waals surface area contributed by atoms with Crippen molar-refractivity contribution in [3.8, 4) is 0 Å². The molecule has 1 N–H and O–H groups in total. The fourth-order valence-electron chi connectivity index (χ4n) is 2.97. The van der Waals surface area contributed by atoms with Crippen molar-refractivity contribution in [3.63, 3.8) is 0 Å². The van der Waals surface area contributed by atoms with Gasteiger partial charge in [-0.2, -0.15) is 5.10 Å². The molecular weight excluding hydrogens is 222 g/mol. The number of nitrogens with zero attached hydrogens (tertiary/aromatic N) is 2. The Labute approximate surface area is 111 Å². The average Bonchev–Trinajstić information content (AvgIpc) is 3.13. The summed E-state index contributed by atoms with van der Waals surface area (Å²) in [6, 6.07) is 2.26. The number of hydrogen-bond donors (Lipinski definition) is 1. The molecule has 3 heteroatoms. The Morgan fingerprint density at radius 1 is 1.44 bits per heavy atom. The van der Waals surface area contributed by atoms with Crippen LogP contribution in [0.4, 0.5) is 0 Å². The highest BCUT2D eigenvalue weighted by molar-refractivity contribution is 5.13. The van der Waals surface area contributed by atoms with Gasteiger partial charge in [-0.05, 0) is 57.1 Å². The first kappa shape index (κ1) is 13.6. The lowest BCUT2D eigenvalue weighted by Crippen LogP contribution is -2.36. The van der Waals surface area contributed by atoms with Gasteiger partial charge in [0.1, 0.15) is 0 Å². The van der Waals surface area contributed by atoms with Gasteiger partial charge in [0.05, 0.1) is 5.69 Å². The third kappa shape index (κ3) is 2.94. The van der Waals surface area contributed by atoms with Crippen LogP contribution in [0.15, 0.2) is 6.07 Å².